The number of carbonyl (C=O) groups is 2. The second-order valence-corrected chi connectivity index (χ2v) is 6.57. The molecule has 1 atom stereocenters. The van der Waals surface area contributed by atoms with Gasteiger partial charge in [0.2, 0.25) is 0 Å². The molecule has 0 saturated carbocycles. The molecule has 0 aromatic heterocycles. The van der Waals surface area contributed by atoms with Crippen molar-refractivity contribution in [2.45, 2.75) is 26.4 Å². The van der Waals surface area contributed by atoms with Gasteiger partial charge in [-0.15, -0.1) is 0 Å². The lowest BCUT2D eigenvalue weighted by atomic mass is 10.1. The summed E-state index contributed by atoms with van der Waals surface area (Å²) in [4.78, 5) is 25.0. The van der Waals surface area contributed by atoms with Crippen molar-refractivity contribution in [1.82, 2.24) is 0 Å². The average molecular weight is 422 g/mol. The summed E-state index contributed by atoms with van der Waals surface area (Å²) in [5.41, 5.74) is 1.21. The Bertz CT molecular complexity index is 899. The maximum Gasteiger partial charge on any atom is 0.340 e. The van der Waals surface area contributed by atoms with Gasteiger partial charge in [0.05, 0.1) is 32.6 Å². The van der Waals surface area contributed by atoms with Gasteiger partial charge in [-0.2, -0.15) is 0 Å². The van der Waals surface area contributed by atoms with Crippen LogP contribution >= 0.6 is 11.6 Å². The highest BCUT2D eigenvalue weighted by atomic mass is 35.5. The van der Waals surface area contributed by atoms with Gasteiger partial charge < -0.3 is 24.3 Å². The van der Waals surface area contributed by atoms with Crippen molar-refractivity contribution in [3.8, 4) is 17.2 Å². The second-order valence-electron chi connectivity index (χ2n) is 6.16. The molecule has 2 aromatic carbocycles. The summed E-state index contributed by atoms with van der Waals surface area (Å²) >= 11 is 6.03. The molecule has 0 bridgehead atoms. The van der Waals surface area contributed by atoms with Gasteiger partial charge in [0.15, 0.2) is 17.6 Å². The number of carbonyl (C=O) groups excluding carboxylic acids is 2. The predicted molar refractivity (Wildman–Crippen MR) is 110 cm³/mol. The molecular weight excluding hydrogens is 398 g/mol. The number of benzene rings is 2. The molecule has 1 unspecified atom stereocenters. The summed E-state index contributed by atoms with van der Waals surface area (Å²) in [6.45, 7) is 3.67. The summed E-state index contributed by atoms with van der Waals surface area (Å²) in [5, 5.41) is 3.34. The summed E-state index contributed by atoms with van der Waals surface area (Å²) in [6, 6.07) is 8.11. The van der Waals surface area contributed by atoms with E-state index in [1.807, 2.05) is 13.8 Å². The zero-order valence-electron chi connectivity index (χ0n) is 17.0. The molecule has 0 heterocycles. The minimum atomic E-state index is -0.783. The summed E-state index contributed by atoms with van der Waals surface area (Å²) in [7, 11) is 4.17. The summed E-state index contributed by atoms with van der Waals surface area (Å²) in [6.07, 6.45) is -0.372. The summed E-state index contributed by atoms with van der Waals surface area (Å²) < 4.78 is 21.1. The van der Waals surface area contributed by atoms with E-state index in [-0.39, 0.29) is 11.3 Å². The quantitative estimate of drug-likeness (QED) is 0.641. The van der Waals surface area contributed by atoms with Crippen molar-refractivity contribution in [3.63, 3.8) is 0 Å². The number of anilines is 1. The van der Waals surface area contributed by atoms with Crippen molar-refractivity contribution < 1.29 is 28.5 Å². The molecule has 0 radical (unpaired) electrons. The van der Waals surface area contributed by atoms with E-state index in [1.54, 1.807) is 18.2 Å². The molecule has 7 nitrogen and oxygen atoms in total. The maximum absolute atomic E-state index is 12.8. The third-order valence-electron chi connectivity index (χ3n) is 4.26. The van der Waals surface area contributed by atoms with Gasteiger partial charge in [0.25, 0.3) is 5.91 Å². The molecule has 8 heteroatoms. The largest absolute Gasteiger partial charge is 0.493 e. The number of halogens is 1. The number of rotatable bonds is 8. The molecule has 0 fully saturated rings. The number of ether oxygens (including phenoxy) is 4. The van der Waals surface area contributed by atoms with E-state index in [1.165, 1.54) is 33.5 Å². The van der Waals surface area contributed by atoms with Crippen LogP contribution in [0.4, 0.5) is 5.69 Å². The van der Waals surface area contributed by atoms with Gasteiger partial charge in [-0.3, -0.25) is 4.79 Å². The Labute approximate surface area is 174 Å². The van der Waals surface area contributed by atoms with Crippen molar-refractivity contribution in [1.29, 1.82) is 0 Å². The van der Waals surface area contributed by atoms with Crippen molar-refractivity contribution in [2.24, 2.45) is 0 Å². The van der Waals surface area contributed by atoms with E-state index in [0.717, 1.165) is 5.56 Å². The van der Waals surface area contributed by atoms with Crippen molar-refractivity contribution in [3.05, 3.63) is 46.5 Å². The van der Waals surface area contributed by atoms with E-state index in [0.29, 0.717) is 28.7 Å². The Morgan fingerprint density at radius 2 is 1.72 bits per heavy atom. The minimum Gasteiger partial charge on any atom is -0.493 e. The van der Waals surface area contributed by atoms with Crippen LogP contribution in [0.15, 0.2) is 30.3 Å². The van der Waals surface area contributed by atoms with Gasteiger partial charge in [0, 0.05) is 17.2 Å². The van der Waals surface area contributed by atoms with Crippen LogP contribution in [0.5, 0.6) is 17.2 Å². The molecule has 0 spiro atoms. The highest BCUT2D eigenvalue weighted by molar-refractivity contribution is 6.31. The Morgan fingerprint density at radius 1 is 1.07 bits per heavy atom. The predicted octanol–water partition coefficient (Wildman–Crippen LogP) is 4.25. The Hall–Kier alpha value is -2.93. The molecule has 0 aliphatic rings. The van der Waals surface area contributed by atoms with E-state index in [2.05, 4.69) is 5.32 Å². The fourth-order valence-electron chi connectivity index (χ4n) is 2.65. The SMILES string of the molecule is CCC(Oc1ccc(Cl)c(C)c1)C(=O)Nc1cc(OC)c(OC)cc1C(=O)OC. The van der Waals surface area contributed by atoms with E-state index >= 15 is 0 Å². The molecule has 2 aromatic rings. The first-order chi connectivity index (χ1) is 13.8. The molecule has 29 heavy (non-hydrogen) atoms. The van der Waals surface area contributed by atoms with Gasteiger partial charge in [-0.25, -0.2) is 4.79 Å². The smallest absolute Gasteiger partial charge is 0.340 e. The zero-order chi connectivity index (χ0) is 21.6. The first-order valence-electron chi connectivity index (χ1n) is 8.92. The number of methoxy groups -OCH3 is 3. The maximum atomic E-state index is 12.8. The lowest BCUT2D eigenvalue weighted by Crippen LogP contribution is -2.33. The Morgan fingerprint density at radius 3 is 2.28 bits per heavy atom. The van der Waals surface area contributed by atoms with Crippen molar-refractivity contribution >= 4 is 29.2 Å². The van der Waals surface area contributed by atoms with Gasteiger partial charge in [-0.05, 0) is 37.1 Å². The highest BCUT2D eigenvalue weighted by Gasteiger charge is 2.23. The van der Waals surface area contributed by atoms with Crippen LogP contribution < -0.4 is 19.5 Å². The lowest BCUT2D eigenvalue weighted by Gasteiger charge is -2.19. The molecule has 0 aliphatic heterocycles. The third-order valence-corrected chi connectivity index (χ3v) is 4.68. The van der Waals surface area contributed by atoms with Crippen LogP contribution in [0.3, 0.4) is 0 Å². The third kappa shape index (κ3) is 5.32. The number of hydrogen-bond acceptors (Lipinski definition) is 6. The lowest BCUT2D eigenvalue weighted by molar-refractivity contribution is -0.122. The second kappa shape index (κ2) is 10.0. The fourth-order valence-corrected chi connectivity index (χ4v) is 2.77. The fraction of sp³-hybridized carbons (Fsp3) is 0.333. The van der Waals surface area contributed by atoms with Crippen LogP contribution in [0.25, 0.3) is 0 Å². The minimum absolute atomic E-state index is 0.135. The van der Waals surface area contributed by atoms with Gasteiger partial charge in [-0.1, -0.05) is 18.5 Å². The average Bonchev–Trinajstić information content (AvgIpc) is 2.73. The molecule has 1 N–H and O–H groups in total. The molecule has 156 valence electrons. The molecule has 1 amide bonds. The standard InChI is InChI=1S/C21H24ClNO6/c1-6-17(29-13-7-8-15(22)12(2)9-13)20(24)23-16-11-19(27-4)18(26-3)10-14(16)21(25)28-5/h7-11,17H,6H2,1-5H3,(H,23,24). The van der Waals surface area contributed by atoms with Crippen LogP contribution in [0.1, 0.15) is 29.3 Å². The molecule has 0 aliphatic carbocycles. The first-order valence-corrected chi connectivity index (χ1v) is 9.30. The van der Waals surface area contributed by atoms with Crippen LogP contribution in [-0.2, 0) is 9.53 Å². The zero-order valence-corrected chi connectivity index (χ0v) is 17.8. The highest BCUT2D eigenvalue weighted by Crippen LogP contribution is 2.34. The molecule has 2 rings (SSSR count). The molecule has 0 saturated heterocycles. The van der Waals surface area contributed by atoms with Crippen LogP contribution in [0, 0.1) is 6.92 Å². The normalized spacial score (nSPS) is 11.4. The number of esters is 1. The number of nitrogens with one attached hydrogen (secondary N) is 1. The number of hydrogen-bond donors (Lipinski definition) is 1. The molecular formula is C21H24ClNO6. The Balaban J connectivity index is 2.30. The monoisotopic (exact) mass is 421 g/mol. The van der Waals surface area contributed by atoms with E-state index in [9.17, 15) is 9.59 Å². The topological polar surface area (TPSA) is 83.1 Å². The first kappa shape index (κ1) is 22.4. The number of amides is 1. The van der Waals surface area contributed by atoms with Crippen LogP contribution in [-0.4, -0.2) is 39.3 Å². The van der Waals surface area contributed by atoms with Gasteiger partial charge >= 0.3 is 5.97 Å². The van der Waals surface area contributed by atoms with Gasteiger partial charge in [0.1, 0.15) is 5.75 Å². The number of aryl methyl sites for hydroxylation is 1. The summed E-state index contributed by atoms with van der Waals surface area (Å²) in [5.74, 6) is 0.180. The van der Waals surface area contributed by atoms with E-state index < -0.39 is 18.0 Å². The van der Waals surface area contributed by atoms with Crippen molar-refractivity contribution in [2.75, 3.05) is 26.6 Å². The van der Waals surface area contributed by atoms with Crippen LogP contribution in [0.2, 0.25) is 5.02 Å². The Kier molecular flexibility index (Phi) is 7.73. The van der Waals surface area contributed by atoms with E-state index in [4.69, 9.17) is 30.5 Å².